The largest absolute Gasteiger partial charge is 0.364 e. The molecule has 5 nitrogen and oxygen atoms in total. The molecule has 0 unspecified atom stereocenters. The van der Waals surface area contributed by atoms with Crippen molar-refractivity contribution in [3.8, 4) is 0 Å². The predicted molar refractivity (Wildman–Crippen MR) is 91.8 cm³/mol. The summed E-state index contributed by atoms with van der Waals surface area (Å²) >= 11 is 0. The molecule has 0 saturated carbocycles. The zero-order valence-corrected chi connectivity index (χ0v) is 13.8. The van der Waals surface area contributed by atoms with Crippen LogP contribution in [0, 0.1) is 0 Å². The van der Waals surface area contributed by atoms with Gasteiger partial charge < -0.3 is 10.2 Å². The van der Waals surface area contributed by atoms with Gasteiger partial charge in [0.25, 0.3) is 5.91 Å². The summed E-state index contributed by atoms with van der Waals surface area (Å²) in [4.78, 5) is 23.2. The molecule has 1 aliphatic rings. The standard InChI is InChI=1S/C18H22N4O/c1-18(2,3)21-16-12-19-14(11-20-16)17(23)22-10-6-8-13-7-4-5-9-15(13)22/h4-5,7,9,11-12H,6,8,10H2,1-3H3,(H,20,21). The van der Waals surface area contributed by atoms with Crippen LogP contribution < -0.4 is 10.2 Å². The van der Waals surface area contributed by atoms with E-state index in [0.29, 0.717) is 11.5 Å². The zero-order valence-electron chi connectivity index (χ0n) is 13.8. The summed E-state index contributed by atoms with van der Waals surface area (Å²) in [6.07, 6.45) is 5.15. The first-order chi connectivity index (χ1) is 10.9. The van der Waals surface area contributed by atoms with E-state index >= 15 is 0 Å². The van der Waals surface area contributed by atoms with Crippen molar-refractivity contribution in [2.24, 2.45) is 0 Å². The molecule has 0 aliphatic carbocycles. The number of benzene rings is 1. The lowest BCUT2D eigenvalue weighted by Gasteiger charge is -2.29. The number of hydrogen-bond acceptors (Lipinski definition) is 4. The Morgan fingerprint density at radius 3 is 2.65 bits per heavy atom. The molecule has 23 heavy (non-hydrogen) atoms. The van der Waals surface area contributed by atoms with Crippen molar-refractivity contribution in [1.29, 1.82) is 0 Å². The van der Waals surface area contributed by atoms with Crippen molar-refractivity contribution in [1.82, 2.24) is 9.97 Å². The number of carbonyl (C=O) groups is 1. The molecule has 1 aliphatic heterocycles. The Morgan fingerprint density at radius 1 is 1.17 bits per heavy atom. The van der Waals surface area contributed by atoms with Gasteiger partial charge >= 0.3 is 0 Å². The highest BCUT2D eigenvalue weighted by molar-refractivity contribution is 6.05. The molecule has 5 heteroatoms. The normalized spacial score (nSPS) is 14.3. The van der Waals surface area contributed by atoms with Crippen LogP contribution in [-0.4, -0.2) is 28.0 Å². The van der Waals surface area contributed by atoms with Gasteiger partial charge in [-0.15, -0.1) is 0 Å². The Bertz CT molecular complexity index is 704. The van der Waals surface area contributed by atoms with E-state index in [1.807, 2.05) is 18.2 Å². The second-order valence-corrected chi connectivity index (χ2v) is 6.85. The van der Waals surface area contributed by atoms with Crippen molar-refractivity contribution in [3.05, 3.63) is 47.9 Å². The Morgan fingerprint density at radius 2 is 1.96 bits per heavy atom. The molecule has 3 rings (SSSR count). The highest BCUT2D eigenvalue weighted by Crippen LogP contribution is 2.27. The van der Waals surface area contributed by atoms with Gasteiger partial charge in [0, 0.05) is 17.8 Å². The fraction of sp³-hybridized carbons (Fsp3) is 0.389. The van der Waals surface area contributed by atoms with Gasteiger partial charge in [0.2, 0.25) is 0 Å². The molecule has 1 amide bonds. The molecule has 2 heterocycles. The van der Waals surface area contributed by atoms with Gasteiger partial charge in [-0.25, -0.2) is 9.97 Å². The van der Waals surface area contributed by atoms with Crippen molar-refractivity contribution in [3.63, 3.8) is 0 Å². The van der Waals surface area contributed by atoms with E-state index in [1.54, 1.807) is 17.3 Å². The SMILES string of the molecule is CC(C)(C)Nc1cnc(C(=O)N2CCCc3ccccc32)cn1. The molecule has 0 radical (unpaired) electrons. The minimum atomic E-state index is -0.0913. The third kappa shape index (κ3) is 3.50. The van der Waals surface area contributed by atoms with Crippen LogP contribution in [0.5, 0.6) is 0 Å². The van der Waals surface area contributed by atoms with E-state index in [2.05, 4.69) is 42.1 Å². The van der Waals surface area contributed by atoms with Crippen molar-refractivity contribution in [2.45, 2.75) is 39.2 Å². The smallest absolute Gasteiger partial charge is 0.278 e. The molecular weight excluding hydrogens is 288 g/mol. The minimum Gasteiger partial charge on any atom is -0.364 e. The van der Waals surface area contributed by atoms with Gasteiger partial charge in [-0.2, -0.15) is 0 Å². The summed E-state index contributed by atoms with van der Waals surface area (Å²) < 4.78 is 0. The van der Waals surface area contributed by atoms with Crippen LogP contribution in [0.2, 0.25) is 0 Å². The number of fused-ring (bicyclic) bond motifs is 1. The molecular formula is C18H22N4O. The fourth-order valence-corrected chi connectivity index (χ4v) is 2.77. The number of carbonyl (C=O) groups excluding carboxylic acids is 1. The van der Waals surface area contributed by atoms with E-state index in [0.717, 1.165) is 25.1 Å². The molecule has 0 bridgehead atoms. The third-order valence-corrected chi connectivity index (χ3v) is 3.73. The maximum absolute atomic E-state index is 12.8. The molecule has 120 valence electrons. The van der Waals surface area contributed by atoms with Gasteiger partial charge in [-0.05, 0) is 45.2 Å². The van der Waals surface area contributed by atoms with E-state index < -0.39 is 0 Å². The molecule has 1 aromatic heterocycles. The van der Waals surface area contributed by atoms with Crippen LogP contribution in [-0.2, 0) is 6.42 Å². The molecule has 1 aromatic carbocycles. The molecule has 1 N–H and O–H groups in total. The van der Waals surface area contributed by atoms with Crippen LogP contribution in [0.25, 0.3) is 0 Å². The average molecular weight is 310 g/mol. The number of nitrogens with zero attached hydrogens (tertiary/aromatic N) is 3. The van der Waals surface area contributed by atoms with Gasteiger partial charge in [-0.1, -0.05) is 18.2 Å². The Kier molecular flexibility index (Phi) is 4.03. The second kappa shape index (κ2) is 5.99. The van der Waals surface area contributed by atoms with Crippen LogP contribution in [0.15, 0.2) is 36.7 Å². The summed E-state index contributed by atoms with van der Waals surface area (Å²) in [7, 11) is 0. The minimum absolute atomic E-state index is 0.0908. The average Bonchev–Trinajstić information content (AvgIpc) is 2.53. The quantitative estimate of drug-likeness (QED) is 0.925. The van der Waals surface area contributed by atoms with Crippen LogP contribution >= 0.6 is 0 Å². The number of para-hydroxylation sites is 1. The van der Waals surface area contributed by atoms with E-state index in [4.69, 9.17) is 0 Å². The maximum Gasteiger partial charge on any atom is 0.278 e. The number of anilines is 2. The highest BCUT2D eigenvalue weighted by Gasteiger charge is 2.24. The number of nitrogens with one attached hydrogen (secondary N) is 1. The Hall–Kier alpha value is -2.43. The lowest BCUT2D eigenvalue weighted by atomic mass is 10.0. The first kappa shape index (κ1) is 15.5. The predicted octanol–water partition coefficient (Wildman–Crippen LogP) is 3.28. The number of rotatable bonds is 2. The fourth-order valence-electron chi connectivity index (χ4n) is 2.77. The summed E-state index contributed by atoms with van der Waals surface area (Å²) in [5.41, 5.74) is 2.49. The zero-order chi connectivity index (χ0) is 16.4. The highest BCUT2D eigenvalue weighted by atomic mass is 16.2. The maximum atomic E-state index is 12.8. The van der Waals surface area contributed by atoms with E-state index in [1.165, 1.54) is 5.56 Å². The molecule has 0 saturated heterocycles. The van der Waals surface area contributed by atoms with Crippen molar-refractivity contribution >= 4 is 17.4 Å². The third-order valence-electron chi connectivity index (χ3n) is 3.73. The summed E-state index contributed by atoms with van der Waals surface area (Å²) in [6.45, 7) is 6.88. The van der Waals surface area contributed by atoms with Gasteiger partial charge in [0.1, 0.15) is 11.5 Å². The number of hydrogen-bond donors (Lipinski definition) is 1. The van der Waals surface area contributed by atoms with Gasteiger partial charge in [0.05, 0.1) is 12.4 Å². The number of aromatic nitrogens is 2. The number of amides is 1. The molecule has 0 fully saturated rings. The lowest BCUT2D eigenvalue weighted by Crippen LogP contribution is -2.36. The first-order valence-corrected chi connectivity index (χ1v) is 7.94. The molecule has 2 aromatic rings. The van der Waals surface area contributed by atoms with E-state index in [-0.39, 0.29) is 11.4 Å². The lowest BCUT2D eigenvalue weighted by molar-refractivity contribution is 0.0980. The van der Waals surface area contributed by atoms with Gasteiger partial charge in [0.15, 0.2) is 0 Å². The first-order valence-electron chi connectivity index (χ1n) is 7.94. The molecule has 0 spiro atoms. The topological polar surface area (TPSA) is 58.1 Å². The summed E-state index contributed by atoms with van der Waals surface area (Å²) in [5, 5.41) is 3.24. The van der Waals surface area contributed by atoms with Crippen LogP contribution in [0.4, 0.5) is 11.5 Å². The Balaban J connectivity index is 1.82. The van der Waals surface area contributed by atoms with Gasteiger partial charge in [-0.3, -0.25) is 4.79 Å². The van der Waals surface area contributed by atoms with Crippen LogP contribution in [0.3, 0.4) is 0 Å². The van der Waals surface area contributed by atoms with Crippen LogP contribution in [0.1, 0.15) is 43.2 Å². The summed E-state index contributed by atoms with van der Waals surface area (Å²) in [5.74, 6) is 0.583. The molecule has 0 atom stereocenters. The van der Waals surface area contributed by atoms with E-state index in [9.17, 15) is 4.79 Å². The monoisotopic (exact) mass is 310 g/mol. The van der Waals surface area contributed by atoms with Crippen molar-refractivity contribution < 1.29 is 4.79 Å². The van der Waals surface area contributed by atoms with Crippen molar-refractivity contribution in [2.75, 3.05) is 16.8 Å². The second-order valence-electron chi connectivity index (χ2n) is 6.85. The number of aryl methyl sites for hydroxylation is 1. The summed E-state index contributed by atoms with van der Waals surface area (Å²) in [6, 6.07) is 8.05. The Labute approximate surface area is 136 Å².